The molecule has 0 saturated heterocycles. The Morgan fingerprint density at radius 2 is 2.29 bits per heavy atom. The predicted molar refractivity (Wildman–Crippen MR) is 66.9 cm³/mol. The van der Waals surface area contributed by atoms with Crippen LogP contribution in [-0.4, -0.2) is 21.2 Å². The van der Waals surface area contributed by atoms with Gasteiger partial charge in [-0.3, -0.25) is 10.4 Å². The van der Waals surface area contributed by atoms with Crippen molar-refractivity contribution in [1.29, 1.82) is 0 Å². The molecule has 0 amide bonds. The first-order valence-electron chi connectivity index (χ1n) is 4.72. The van der Waals surface area contributed by atoms with Gasteiger partial charge in [0.05, 0.1) is 6.21 Å². The van der Waals surface area contributed by atoms with Gasteiger partial charge in [-0.2, -0.15) is 5.10 Å². The van der Waals surface area contributed by atoms with E-state index in [-0.39, 0.29) is 10.8 Å². The van der Waals surface area contributed by atoms with Crippen LogP contribution in [0.4, 0.5) is 11.5 Å². The number of pyridine rings is 1. The van der Waals surface area contributed by atoms with Crippen LogP contribution in [0.25, 0.3) is 0 Å². The molecule has 17 heavy (non-hydrogen) atoms. The van der Waals surface area contributed by atoms with Crippen molar-refractivity contribution >= 4 is 29.3 Å². The fourth-order valence-corrected chi connectivity index (χ4v) is 1.22. The molecule has 2 rings (SSSR count). The Bertz CT molecular complexity index is 528. The summed E-state index contributed by atoms with van der Waals surface area (Å²) in [5.74, 6) is 0.366. The maximum absolute atomic E-state index is 5.73. The summed E-state index contributed by atoms with van der Waals surface area (Å²) < 4.78 is 0. The number of halogens is 1. The van der Waals surface area contributed by atoms with E-state index in [4.69, 9.17) is 17.3 Å². The molecule has 0 spiro atoms. The number of aromatic nitrogens is 3. The van der Waals surface area contributed by atoms with E-state index in [9.17, 15) is 0 Å². The van der Waals surface area contributed by atoms with E-state index in [0.29, 0.717) is 5.82 Å². The van der Waals surface area contributed by atoms with Crippen molar-refractivity contribution in [2.45, 2.75) is 0 Å². The SMILES string of the molecule is Nc1c(Cl)ncnc1N/N=C\c1cccnc1. The molecule has 0 aliphatic heterocycles. The third-order valence-electron chi connectivity index (χ3n) is 1.90. The molecule has 0 unspecified atom stereocenters. The van der Waals surface area contributed by atoms with Crippen LogP contribution in [0, 0.1) is 0 Å². The zero-order chi connectivity index (χ0) is 12.1. The highest BCUT2D eigenvalue weighted by atomic mass is 35.5. The zero-order valence-corrected chi connectivity index (χ0v) is 9.46. The first kappa shape index (κ1) is 11.3. The first-order valence-corrected chi connectivity index (χ1v) is 5.10. The van der Waals surface area contributed by atoms with Gasteiger partial charge in [0.15, 0.2) is 11.0 Å². The molecule has 0 aliphatic carbocycles. The zero-order valence-electron chi connectivity index (χ0n) is 8.71. The fraction of sp³-hybridized carbons (Fsp3) is 0. The number of nitrogens with one attached hydrogen (secondary N) is 1. The average molecular weight is 249 g/mol. The van der Waals surface area contributed by atoms with Crippen LogP contribution in [-0.2, 0) is 0 Å². The number of anilines is 2. The summed E-state index contributed by atoms with van der Waals surface area (Å²) in [5.41, 5.74) is 9.46. The van der Waals surface area contributed by atoms with Crippen molar-refractivity contribution in [2.75, 3.05) is 11.2 Å². The number of hydrazone groups is 1. The monoisotopic (exact) mass is 248 g/mol. The predicted octanol–water partition coefficient (Wildman–Crippen LogP) is 1.55. The van der Waals surface area contributed by atoms with Gasteiger partial charge in [-0.05, 0) is 6.07 Å². The third kappa shape index (κ3) is 2.88. The molecule has 2 aromatic rings. The Morgan fingerprint density at radius 1 is 1.41 bits per heavy atom. The number of nitrogen functional groups attached to an aromatic ring is 1. The second-order valence-corrected chi connectivity index (χ2v) is 3.44. The molecule has 0 bridgehead atoms. The van der Waals surface area contributed by atoms with Crippen LogP contribution in [0.2, 0.25) is 5.15 Å². The standard InChI is InChI=1S/C10H9ClN6/c11-9-8(12)10(15-6-14-9)17-16-5-7-2-1-3-13-4-7/h1-6H,12H2,(H,14,15,17)/b16-5-. The van der Waals surface area contributed by atoms with Crippen LogP contribution < -0.4 is 11.2 Å². The smallest absolute Gasteiger partial charge is 0.174 e. The summed E-state index contributed by atoms with van der Waals surface area (Å²) in [5, 5.41) is 4.16. The summed E-state index contributed by atoms with van der Waals surface area (Å²) in [6.07, 6.45) is 6.28. The van der Waals surface area contributed by atoms with Gasteiger partial charge < -0.3 is 5.73 Å². The molecule has 6 nitrogen and oxygen atoms in total. The summed E-state index contributed by atoms with van der Waals surface area (Å²) >= 11 is 5.73. The van der Waals surface area contributed by atoms with Crippen molar-refractivity contribution in [3.05, 3.63) is 41.6 Å². The van der Waals surface area contributed by atoms with Gasteiger partial charge >= 0.3 is 0 Å². The molecule has 0 atom stereocenters. The Balaban J connectivity index is 2.08. The molecule has 2 heterocycles. The van der Waals surface area contributed by atoms with Gasteiger partial charge in [0.2, 0.25) is 0 Å². The van der Waals surface area contributed by atoms with Crippen LogP contribution in [0.5, 0.6) is 0 Å². The highest BCUT2D eigenvalue weighted by Gasteiger charge is 2.03. The summed E-state index contributed by atoms with van der Waals surface area (Å²) in [6.45, 7) is 0. The minimum Gasteiger partial charge on any atom is -0.393 e. The second kappa shape index (κ2) is 5.22. The molecule has 0 fully saturated rings. The number of hydrogen-bond acceptors (Lipinski definition) is 6. The van der Waals surface area contributed by atoms with E-state index >= 15 is 0 Å². The van der Waals surface area contributed by atoms with Gasteiger partial charge in [0.1, 0.15) is 12.0 Å². The van der Waals surface area contributed by atoms with Gasteiger partial charge in [-0.25, -0.2) is 9.97 Å². The van der Waals surface area contributed by atoms with Gasteiger partial charge in [0.25, 0.3) is 0 Å². The van der Waals surface area contributed by atoms with E-state index < -0.39 is 0 Å². The van der Waals surface area contributed by atoms with Crippen LogP contribution >= 0.6 is 11.6 Å². The Morgan fingerprint density at radius 3 is 3.06 bits per heavy atom. The summed E-state index contributed by atoms with van der Waals surface area (Å²) in [7, 11) is 0. The van der Waals surface area contributed by atoms with Crippen molar-refractivity contribution in [3.63, 3.8) is 0 Å². The van der Waals surface area contributed by atoms with Crippen molar-refractivity contribution in [3.8, 4) is 0 Å². The Hall–Kier alpha value is -2.21. The Labute approximate surface area is 103 Å². The lowest BCUT2D eigenvalue weighted by atomic mass is 10.3. The van der Waals surface area contributed by atoms with E-state index in [1.54, 1.807) is 18.6 Å². The molecule has 0 aromatic carbocycles. The molecule has 3 N–H and O–H groups in total. The van der Waals surface area contributed by atoms with Gasteiger partial charge in [-0.15, -0.1) is 0 Å². The Kier molecular flexibility index (Phi) is 3.46. The molecule has 86 valence electrons. The van der Waals surface area contributed by atoms with Crippen molar-refractivity contribution in [1.82, 2.24) is 15.0 Å². The molecule has 0 radical (unpaired) electrons. The quantitative estimate of drug-likeness (QED) is 0.489. The average Bonchev–Trinajstić information content (AvgIpc) is 2.36. The lowest BCUT2D eigenvalue weighted by Crippen LogP contribution is -2.00. The van der Waals surface area contributed by atoms with Crippen LogP contribution in [0.15, 0.2) is 36.0 Å². The molecular weight excluding hydrogens is 240 g/mol. The lowest BCUT2D eigenvalue weighted by molar-refractivity contribution is 1.14. The lowest BCUT2D eigenvalue weighted by Gasteiger charge is -2.03. The van der Waals surface area contributed by atoms with E-state index in [2.05, 4.69) is 25.5 Å². The number of rotatable bonds is 3. The molecular formula is C10H9ClN6. The number of nitrogens with zero attached hydrogens (tertiary/aromatic N) is 4. The topological polar surface area (TPSA) is 89.1 Å². The van der Waals surface area contributed by atoms with Crippen LogP contribution in [0.3, 0.4) is 0 Å². The van der Waals surface area contributed by atoms with E-state index in [1.165, 1.54) is 6.33 Å². The summed E-state index contributed by atoms with van der Waals surface area (Å²) in [4.78, 5) is 11.6. The fourth-order valence-electron chi connectivity index (χ4n) is 1.08. The van der Waals surface area contributed by atoms with Gasteiger partial charge in [-0.1, -0.05) is 17.7 Å². The van der Waals surface area contributed by atoms with Crippen molar-refractivity contribution in [2.24, 2.45) is 5.10 Å². The van der Waals surface area contributed by atoms with Crippen LogP contribution in [0.1, 0.15) is 5.56 Å². The first-order chi connectivity index (χ1) is 8.27. The number of hydrogen-bond donors (Lipinski definition) is 2. The highest BCUT2D eigenvalue weighted by molar-refractivity contribution is 6.32. The van der Waals surface area contributed by atoms with E-state index in [0.717, 1.165) is 5.56 Å². The molecule has 2 aromatic heterocycles. The minimum atomic E-state index is 0.194. The molecule has 0 aliphatic rings. The van der Waals surface area contributed by atoms with Crippen molar-refractivity contribution < 1.29 is 0 Å². The third-order valence-corrected chi connectivity index (χ3v) is 2.20. The minimum absolute atomic E-state index is 0.194. The number of nitrogens with two attached hydrogens (primary N) is 1. The maximum atomic E-state index is 5.73. The second-order valence-electron chi connectivity index (χ2n) is 3.08. The summed E-state index contributed by atoms with van der Waals surface area (Å²) in [6, 6.07) is 3.69. The normalized spacial score (nSPS) is 10.6. The highest BCUT2D eigenvalue weighted by Crippen LogP contribution is 2.21. The molecule has 7 heteroatoms. The van der Waals surface area contributed by atoms with Gasteiger partial charge in [0, 0.05) is 18.0 Å². The molecule has 0 saturated carbocycles. The largest absolute Gasteiger partial charge is 0.393 e. The van der Waals surface area contributed by atoms with E-state index in [1.807, 2.05) is 12.1 Å². The maximum Gasteiger partial charge on any atom is 0.174 e.